The van der Waals surface area contributed by atoms with Gasteiger partial charge in [-0.3, -0.25) is 19.9 Å². The number of pyridine rings is 2. The van der Waals surface area contributed by atoms with Gasteiger partial charge in [0.2, 0.25) is 0 Å². The Balaban J connectivity index is 1.53. The molecule has 2 N–H and O–H groups in total. The molecule has 0 aliphatic rings. The van der Waals surface area contributed by atoms with Crippen LogP contribution in [0.2, 0.25) is 0 Å². The number of halogens is 1. The SMILES string of the molecule is CC(=O)c1ccc(-c2cccc3[nH]c(-c4n[nH]c5cnc(-c6cnccc6C)c(F)c45)nc23)s1. The molecule has 0 saturated carbocycles. The Kier molecular flexibility index (Phi) is 4.59. The van der Waals surface area contributed by atoms with E-state index in [0.29, 0.717) is 32.9 Å². The lowest BCUT2D eigenvalue weighted by atomic mass is 10.1. The molecule has 6 rings (SSSR count). The normalized spacial score (nSPS) is 11.5. The van der Waals surface area contributed by atoms with Gasteiger partial charge in [-0.1, -0.05) is 12.1 Å². The number of nitrogens with zero attached hydrogens (tertiary/aromatic N) is 4. The van der Waals surface area contributed by atoms with Gasteiger partial charge in [-0.05, 0) is 43.7 Å². The highest BCUT2D eigenvalue weighted by Crippen LogP contribution is 2.36. The summed E-state index contributed by atoms with van der Waals surface area (Å²) in [6.07, 6.45) is 4.84. The van der Waals surface area contributed by atoms with Crippen LogP contribution < -0.4 is 0 Å². The van der Waals surface area contributed by atoms with Crippen LogP contribution in [0.1, 0.15) is 22.2 Å². The molecule has 0 atom stereocenters. The number of imidazole rings is 1. The Bertz CT molecular complexity index is 1730. The van der Waals surface area contributed by atoms with Crippen LogP contribution in [0.25, 0.3) is 55.2 Å². The molecule has 6 aromatic rings. The zero-order valence-corrected chi connectivity index (χ0v) is 19.0. The predicted octanol–water partition coefficient (Wildman–Crippen LogP) is 5.94. The van der Waals surface area contributed by atoms with Crippen LogP contribution in [-0.2, 0) is 0 Å². The van der Waals surface area contributed by atoms with Gasteiger partial charge in [-0.25, -0.2) is 9.37 Å². The highest BCUT2D eigenvalue weighted by molar-refractivity contribution is 7.17. The van der Waals surface area contributed by atoms with E-state index >= 15 is 4.39 Å². The number of carbonyl (C=O) groups excluding carboxylic acids is 1. The maximum Gasteiger partial charge on any atom is 0.169 e. The number of hydrogen-bond acceptors (Lipinski definition) is 6. The number of carbonyl (C=O) groups is 1. The first-order valence-electron chi connectivity index (χ1n) is 10.5. The van der Waals surface area contributed by atoms with Crippen LogP contribution in [0.3, 0.4) is 0 Å². The second kappa shape index (κ2) is 7.67. The molecule has 0 fully saturated rings. The third-order valence-corrected chi connectivity index (χ3v) is 7.01. The van der Waals surface area contributed by atoms with Crippen molar-refractivity contribution in [3.63, 3.8) is 0 Å². The minimum absolute atomic E-state index is 0.0258. The Hall–Kier alpha value is -4.24. The van der Waals surface area contributed by atoms with Gasteiger partial charge >= 0.3 is 0 Å². The van der Waals surface area contributed by atoms with Crippen LogP contribution in [0.4, 0.5) is 4.39 Å². The van der Waals surface area contributed by atoms with Crippen molar-refractivity contribution in [1.82, 2.24) is 30.1 Å². The zero-order valence-electron chi connectivity index (χ0n) is 18.2. The first-order valence-corrected chi connectivity index (χ1v) is 11.4. The minimum atomic E-state index is -0.484. The van der Waals surface area contributed by atoms with Gasteiger partial charge in [-0.2, -0.15) is 5.10 Å². The monoisotopic (exact) mass is 468 g/mol. The van der Waals surface area contributed by atoms with Gasteiger partial charge in [0.05, 0.1) is 33.0 Å². The summed E-state index contributed by atoms with van der Waals surface area (Å²) >= 11 is 1.42. The summed E-state index contributed by atoms with van der Waals surface area (Å²) < 4.78 is 15.8. The lowest BCUT2D eigenvalue weighted by Gasteiger charge is -2.06. The van der Waals surface area contributed by atoms with E-state index in [1.165, 1.54) is 11.3 Å². The van der Waals surface area contributed by atoms with E-state index in [4.69, 9.17) is 4.98 Å². The van der Waals surface area contributed by atoms with Crippen molar-refractivity contribution in [3.8, 4) is 33.2 Å². The van der Waals surface area contributed by atoms with Gasteiger partial charge in [0.25, 0.3) is 0 Å². The number of hydrogen-bond donors (Lipinski definition) is 2. The number of nitrogens with one attached hydrogen (secondary N) is 2. The fourth-order valence-electron chi connectivity index (χ4n) is 4.06. The van der Waals surface area contributed by atoms with Gasteiger partial charge < -0.3 is 4.98 Å². The smallest absolute Gasteiger partial charge is 0.169 e. The fraction of sp³-hybridized carbons (Fsp3) is 0.0800. The fourth-order valence-corrected chi connectivity index (χ4v) is 4.99. The molecule has 0 bridgehead atoms. The molecule has 9 heteroatoms. The molecule has 34 heavy (non-hydrogen) atoms. The number of fused-ring (bicyclic) bond motifs is 2. The molecule has 5 heterocycles. The summed E-state index contributed by atoms with van der Waals surface area (Å²) in [4.78, 5) is 29.9. The molecule has 0 spiro atoms. The van der Waals surface area contributed by atoms with E-state index in [-0.39, 0.29) is 11.5 Å². The van der Waals surface area contributed by atoms with Crippen LogP contribution in [0.5, 0.6) is 0 Å². The highest BCUT2D eigenvalue weighted by Gasteiger charge is 2.22. The number of H-pyrrole nitrogens is 2. The number of ketones is 1. The maximum atomic E-state index is 15.8. The van der Waals surface area contributed by atoms with E-state index in [1.807, 2.05) is 43.3 Å². The van der Waals surface area contributed by atoms with Crippen molar-refractivity contribution < 1.29 is 9.18 Å². The Labute approximate surface area is 196 Å². The zero-order chi connectivity index (χ0) is 23.4. The van der Waals surface area contributed by atoms with Gasteiger partial charge in [0, 0.05) is 28.4 Å². The van der Waals surface area contributed by atoms with Crippen LogP contribution >= 0.6 is 11.3 Å². The Morgan fingerprint density at radius 2 is 1.91 bits per heavy atom. The topological polar surface area (TPSA) is 100 Å². The molecule has 0 amide bonds. The first kappa shape index (κ1) is 20.4. The average molecular weight is 469 g/mol. The number of benzene rings is 1. The summed E-state index contributed by atoms with van der Waals surface area (Å²) in [6, 6.07) is 11.3. The van der Waals surface area contributed by atoms with Crippen LogP contribution in [0.15, 0.2) is 55.0 Å². The quantitative estimate of drug-likeness (QED) is 0.312. The largest absolute Gasteiger partial charge is 0.337 e. The number of para-hydroxylation sites is 1. The lowest BCUT2D eigenvalue weighted by molar-refractivity contribution is 0.102. The van der Waals surface area contributed by atoms with Gasteiger partial charge in [0.15, 0.2) is 17.4 Å². The van der Waals surface area contributed by atoms with E-state index < -0.39 is 5.82 Å². The molecule has 0 radical (unpaired) electrons. The molecule has 7 nitrogen and oxygen atoms in total. The van der Waals surface area contributed by atoms with Crippen molar-refractivity contribution >= 4 is 39.1 Å². The summed E-state index contributed by atoms with van der Waals surface area (Å²) in [7, 11) is 0. The van der Waals surface area contributed by atoms with Crippen LogP contribution in [-0.4, -0.2) is 35.9 Å². The van der Waals surface area contributed by atoms with Gasteiger partial charge in [0.1, 0.15) is 11.4 Å². The molecule has 0 saturated heterocycles. The van der Waals surface area contributed by atoms with Crippen molar-refractivity contribution in [2.24, 2.45) is 0 Å². The summed E-state index contributed by atoms with van der Waals surface area (Å²) in [5, 5.41) is 7.52. The Morgan fingerprint density at radius 1 is 1.03 bits per heavy atom. The van der Waals surface area contributed by atoms with Gasteiger partial charge in [-0.15, -0.1) is 11.3 Å². The molecule has 166 valence electrons. The molecular weight excluding hydrogens is 451 g/mol. The number of aromatic amines is 2. The van der Waals surface area contributed by atoms with E-state index in [1.54, 1.807) is 25.5 Å². The summed E-state index contributed by atoms with van der Waals surface area (Å²) in [5.41, 5.74) is 4.97. The molecule has 0 aliphatic heterocycles. The van der Waals surface area contributed by atoms with Crippen molar-refractivity contribution in [3.05, 3.63) is 71.2 Å². The predicted molar refractivity (Wildman–Crippen MR) is 130 cm³/mol. The van der Waals surface area contributed by atoms with E-state index in [0.717, 1.165) is 27.0 Å². The third-order valence-electron chi connectivity index (χ3n) is 5.79. The standard InChI is InChI=1S/C25H17FN6OS/c1-12-8-9-27-10-15(12)23-21(26)20-17(11-28-23)31-32-24(20)25-29-16-5-3-4-14(22(16)30-25)19-7-6-18(34-19)13(2)33/h3-11H,1-2H3,(H,29,30)(H,31,32). The molecule has 5 aromatic heterocycles. The second-order valence-corrected chi connectivity index (χ2v) is 9.06. The van der Waals surface area contributed by atoms with Crippen molar-refractivity contribution in [2.45, 2.75) is 13.8 Å². The summed E-state index contributed by atoms with van der Waals surface area (Å²) in [5.74, 6) is -0.0173. The van der Waals surface area contributed by atoms with E-state index in [2.05, 4.69) is 25.1 Å². The first-order chi connectivity index (χ1) is 16.5. The van der Waals surface area contributed by atoms with Crippen molar-refractivity contribution in [2.75, 3.05) is 0 Å². The molecule has 1 aromatic carbocycles. The minimum Gasteiger partial charge on any atom is -0.337 e. The summed E-state index contributed by atoms with van der Waals surface area (Å²) in [6.45, 7) is 3.44. The molecule has 0 aliphatic carbocycles. The van der Waals surface area contributed by atoms with E-state index in [9.17, 15) is 4.79 Å². The third kappa shape index (κ3) is 3.12. The average Bonchev–Trinajstić information content (AvgIpc) is 3.57. The highest BCUT2D eigenvalue weighted by atomic mass is 32.1. The van der Waals surface area contributed by atoms with Crippen molar-refractivity contribution in [1.29, 1.82) is 0 Å². The van der Waals surface area contributed by atoms with Crippen LogP contribution in [0, 0.1) is 12.7 Å². The second-order valence-electron chi connectivity index (χ2n) is 7.98. The lowest BCUT2D eigenvalue weighted by Crippen LogP contribution is -1.94. The number of aromatic nitrogens is 6. The molecular formula is C25H17FN6OS. The number of aryl methyl sites for hydroxylation is 1. The Morgan fingerprint density at radius 3 is 2.71 bits per heavy atom. The number of Topliss-reactive ketones (excluding diaryl/α,β-unsaturated/α-hetero) is 1. The number of rotatable bonds is 4. The number of thiophene rings is 1. The maximum absolute atomic E-state index is 15.8. The molecule has 0 unspecified atom stereocenters.